The maximum Gasteiger partial charge on any atom is 0.435 e. The summed E-state index contributed by atoms with van der Waals surface area (Å²) in [7, 11) is 0. The summed E-state index contributed by atoms with van der Waals surface area (Å²) in [5, 5.41) is 15.2. The van der Waals surface area contributed by atoms with Gasteiger partial charge in [-0.25, -0.2) is 9.48 Å². The summed E-state index contributed by atoms with van der Waals surface area (Å²) in [5.74, 6) is -1.68. The molecule has 0 spiro atoms. The first-order valence-corrected chi connectivity index (χ1v) is 7.50. The highest BCUT2D eigenvalue weighted by Gasteiger charge is 2.45. The van der Waals surface area contributed by atoms with Gasteiger partial charge in [0.25, 0.3) is 5.91 Å². The third kappa shape index (κ3) is 3.21. The van der Waals surface area contributed by atoms with Crippen LogP contribution >= 0.6 is 0 Å². The van der Waals surface area contributed by atoms with Crippen LogP contribution in [-0.2, 0) is 11.0 Å². The van der Waals surface area contributed by atoms with Crippen LogP contribution in [0, 0.1) is 0 Å². The van der Waals surface area contributed by atoms with Gasteiger partial charge in [0.1, 0.15) is 5.54 Å². The molecule has 1 saturated carbocycles. The number of benzene rings is 1. The molecule has 1 aliphatic carbocycles. The van der Waals surface area contributed by atoms with Crippen LogP contribution in [0.1, 0.15) is 35.3 Å². The number of halogens is 3. The summed E-state index contributed by atoms with van der Waals surface area (Å²) in [5.41, 5.74) is -1.89. The van der Waals surface area contributed by atoms with Crippen molar-refractivity contribution in [1.29, 1.82) is 0 Å². The molecule has 1 aliphatic rings. The number of alkyl halides is 3. The zero-order valence-corrected chi connectivity index (χ0v) is 12.9. The average Bonchev–Trinajstić information content (AvgIpc) is 3.00. The summed E-state index contributed by atoms with van der Waals surface area (Å²) >= 11 is 0. The average molecular weight is 353 g/mol. The molecule has 132 valence electrons. The highest BCUT2D eigenvalue weighted by Crippen LogP contribution is 2.32. The Kier molecular flexibility index (Phi) is 4.02. The largest absolute Gasteiger partial charge is 0.480 e. The molecule has 1 aromatic heterocycles. The van der Waals surface area contributed by atoms with Gasteiger partial charge in [-0.05, 0) is 43.5 Å². The second-order valence-electron chi connectivity index (χ2n) is 5.89. The molecule has 1 amide bonds. The van der Waals surface area contributed by atoms with Crippen molar-refractivity contribution in [3.8, 4) is 5.69 Å². The highest BCUT2D eigenvalue weighted by molar-refractivity contribution is 5.98. The SMILES string of the molecule is O=C(NC1(C(=O)O)CCC1)c1cccc(-n2ccc(C(F)(F)F)n2)c1. The van der Waals surface area contributed by atoms with Crippen molar-refractivity contribution in [2.24, 2.45) is 0 Å². The van der Waals surface area contributed by atoms with Gasteiger partial charge in [-0.2, -0.15) is 18.3 Å². The maximum absolute atomic E-state index is 12.6. The number of rotatable bonds is 4. The van der Waals surface area contributed by atoms with Gasteiger partial charge in [0.2, 0.25) is 0 Å². The van der Waals surface area contributed by atoms with Gasteiger partial charge in [0, 0.05) is 11.8 Å². The fraction of sp³-hybridized carbons (Fsp3) is 0.312. The lowest BCUT2D eigenvalue weighted by Gasteiger charge is -2.38. The van der Waals surface area contributed by atoms with Gasteiger partial charge in [0.05, 0.1) is 5.69 Å². The highest BCUT2D eigenvalue weighted by atomic mass is 19.4. The number of aromatic nitrogens is 2. The van der Waals surface area contributed by atoms with E-state index in [2.05, 4.69) is 10.4 Å². The molecule has 2 aromatic rings. The molecule has 6 nitrogen and oxygen atoms in total. The van der Waals surface area contributed by atoms with E-state index in [1.54, 1.807) is 0 Å². The minimum Gasteiger partial charge on any atom is -0.480 e. The molecule has 0 saturated heterocycles. The second-order valence-corrected chi connectivity index (χ2v) is 5.89. The summed E-state index contributed by atoms with van der Waals surface area (Å²) in [6.45, 7) is 0. The van der Waals surface area contributed by atoms with Crippen LogP contribution in [0.4, 0.5) is 13.2 Å². The van der Waals surface area contributed by atoms with Crippen molar-refractivity contribution in [3.05, 3.63) is 47.8 Å². The number of carbonyl (C=O) groups excluding carboxylic acids is 1. The molecule has 0 bridgehead atoms. The van der Waals surface area contributed by atoms with Crippen molar-refractivity contribution in [1.82, 2.24) is 15.1 Å². The lowest BCUT2D eigenvalue weighted by atomic mass is 9.76. The summed E-state index contributed by atoms with van der Waals surface area (Å²) in [6.07, 6.45) is -2.01. The van der Waals surface area contributed by atoms with Crippen molar-refractivity contribution < 1.29 is 27.9 Å². The molecular weight excluding hydrogens is 339 g/mol. The number of amides is 1. The molecule has 0 aliphatic heterocycles. The van der Waals surface area contributed by atoms with E-state index in [9.17, 15) is 27.9 Å². The molecular formula is C16H14F3N3O3. The van der Waals surface area contributed by atoms with Crippen LogP contribution in [0.3, 0.4) is 0 Å². The van der Waals surface area contributed by atoms with Crippen LogP contribution in [0.15, 0.2) is 36.5 Å². The fourth-order valence-electron chi connectivity index (χ4n) is 2.62. The Hall–Kier alpha value is -2.84. The molecule has 1 heterocycles. The Bertz CT molecular complexity index is 825. The number of nitrogens with one attached hydrogen (secondary N) is 1. The number of hydrogen-bond acceptors (Lipinski definition) is 3. The number of carbonyl (C=O) groups is 2. The monoisotopic (exact) mass is 353 g/mol. The number of carboxylic acids is 1. The van der Waals surface area contributed by atoms with Crippen molar-refractivity contribution >= 4 is 11.9 Å². The first-order valence-electron chi connectivity index (χ1n) is 7.50. The number of hydrogen-bond donors (Lipinski definition) is 2. The van der Waals surface area contributed by atoms with E-state index in [4.69, 9.17) is 0 Å². The van der Waals surface area contributed by atoms with Gasteiger partial charge >= 0.3 is 12.1 Å². The van der Waals surface area contributed by atoms with Gasteiger partial charge in [-0.1, -0.05) is 6.07 Å². The zero-order chi connectivity index (χ0) is 18.2. The van der Waals surface area contributed by atoms with E-state index in [1.165, 1.54) is 24.3 Å². The van der Waals surface area contributed by atoms with Crippen LogP contribution in [0.5, 0.6) is 0 Å². The van der Waals surface area contributed by atoms with Gasteiger partial charge in [0.15, 0.2) is 5.69 Å². The summed E-state index contributed by atoms with van der Waals surface area (Å²) in [4.78, 5) is 23.6. The topological polar surface area (TPSA) is 84.2 Å². The van der Waals surface area contributed by atoms with Crippen molar-refractivity contribution in [3.63, 3.8) is 0 Å². The Morgan fingerprint density at radius 1 is 1.24 bits per heavy atom. The lowest BCUT2D eigenvalue weighted by Crippen LogP contribution is -2.59. The van der Waals surface area contributed by atoms with Crippen LogP contribution in [0.25, 0.3) is 5.69 Å². The van der Waals surface area contributed by atoms with Gasteiger partial charge in [-0.15, -0.1) is 0 Å². The number of carboxylic acid groups (broad SMARTS) is 1. The molecule has 1 aromatic carbocycles. The normalized spacial score (nSPS) is 16.1. The zero-order valence-electron chi connectivity index (χ0n) is 12.9. The molecule has 3 rings (SSSR count). The minimum atomic E-state index is -4.56. The Balaban J connectivity index is 1.83. The fourth-order valence-corrected chi connectivity index (χ4v) is 2.62. The number of nitrogens with zero attached hydrogens (tertiary/aromatic N) is 2. The standard InChI is InChI=1S/C16H14F3N3O3/c17-16(18,19)12-5-8-22(21-12)11-4-1-3-10(9-11)13(23)20-15(14(24)25)6-2-7-15/h1,3-5,8-9H,2,6-7H2,(H,20,23)(H,24,25). The van der Waals surface area contributed by atoms with Crippen LogP contribution in [0.2, 0.25) is 0 Å². The molecule has 0 atom stereocenters. The minimum absolute atomic E-state index is 0.147. The molecule has 0 radical (unpaired) electrons. The molecule has 2 N–H and O–H groups in total. The second kappa shape index (κ2) is 5.91. The third-order valence-corrected chi connectivity index (χ3v) is 4.22. The molecule has 9 heteroatoms. The predicted octanol–water partition coefficient (Wildman–Crippen LogP) is 2.63. The van der Waals surface area contributed by atoms with E-state index >= 15 is 0 Å². The van der Waals surface area contributed by atoms with E-state index in [1.807, 2.05) is 0 Å². The van der Waals surface area contributed by atoms with Crippen LogP contribution in [-0.4, -0.2) is 32.3 Å². The predicted molar refractivity (Wildman–Crippen MR) is 80.3 cm³/mol. The molecule has 1 fully saturated rings. The lowest BCUT2D eigenvalue weighted by molar-refractivity contribution is -0.148. The van der Waals surface area contributed by atoms with E-state index in [-0.39, 0.29) is 11.3 Å². The van der Waals surface area contributed by atoms with Gasteiger partial charge in [-0.3, -0.25) is 4.79 Å². The summed E-state index contributed by atoms with van der Waals surface area (Å²) in [6, 6.07) is 6.64. The van der Waals surface area contributed by atoms with E-state index < -0.39 is 29.3 Å². The maximum atomic E-state index is 12.6. The van der Waals surface area contributed by atoms with E-state index in [0.29, 0.717) is 19.3 Å². The Morgan fingerprint density at radius 2 is 1.96 bits per heavy atom. The van der Waals surface area contributed by atoms with Crippen molar-refractivity contribution in [2.45, 2.75) is 31.0 Å². The Labute approximate surface area is 140 Å². The summed E-state index contributed by atoms with van der Waals surface area (Å²) < 4.78 is 38.9. The molecule has 25 heavy (non-hydrogen) atoms. The van der Waals surface area contributed by atoms with E-state index in [0.717, 1.165) is 16.9 Å². The van der Waals surface area contributed by atoms with Crippen LogP contribution < -0.4 is 5.32 Å². The quantitative estimate of drug-likeness (QED) is 0.885. The van der Waals surface area contributed by atoms with Crippen molar-refractivity contribution in [2.75, 3.05) is 0 Å². The Morgan fingerprint density at radius 3 is 2.48 bits per heavy atom. The van der Waals surface area contributed by atoms with Gasteiger partial charge < -0.3 is 10.4 Å². The third-order valence-electron chi connectivity index (χ3n) is 4.22. The number of aliphatic carboxylic acids is 1. The smallest absolute Gasteiger partial charge is 0.435 e. The molecule has 0 unspecified atom stereocenters. The first kappa shape index (κ1) is 17.0. The first-order chi connectivity index (χ1) is 11.7.